The van der Waals surface area contributed by atoms with E-state index in [9.17, 15) is 14.4 Å². The van der Waals surface area contributed by atoms with Crippen LogP contribution in [0.3, 0.4) is 0 Å². The van der Waals surface area contributed by atoms with Crippen LogP contribution in [-0.2, 0) is 20.7 Å². The number of benzene rings is 2. The molecule has 0 saturated heterocycles. The number of ether oxygens (including phenoxy) is 2. The first-order valence-electron chi connectivity index (χ1n) is 8.94. The van der Waals surface area contributed by atoms with Crippen LogP contribution < -0.4 is 5.32 Å². The molecule has 2 aromatic carbocycles. The van der Waals surface area contributed by atoms with Crippen LogP contribution in [0, 0.1) is 0 Å². The summed E-state index contributed by atoms with van der Waals surface area (Å²) in [5, 5.41) is 2.56. The molecule has 1 amide bonds. The Morgan fingerprint density at radius 1 is 1.07 bits per heavy atom. The maximum Gasteiger partial charge on any atom is 0.408 e. The van der Waals surface area contributed by atoms with Crippen LogP contribution in [0.2, 0.25) is 0 Å². The quantitative estimate of drug-likeness (QED) is 0.606. The molecule has 2 aromatic rings. The highest BCUT2D eigenvalue weighted by atomic mass is 16.6. The molecule has 0 bridgehead atoms. The van der Waals surface area contributed by atoms with Crippen LogP contribution in [0.1, 0.15) is 36.7 Å². The fourth-order valence-electron chi connectivity index (χ4n) is 2.65. The minimum absolute atomic E-state index is 0.264. The van der Waals surface area contributed by atoms with Gasteiger partial charge in [0, 0.05) is 12.0 Å². The van der Waals surface area contributed by atoms with Gasteiger partial charge in [0.15, 0.2) is 0 Å². The van der Waals surface area contributed by atoms with Crippen molar-refractivity contribution < 1.29 is 23.9 Å². The highest BCUT2D eigenvalue weighted by Gasteiger charge is 2.25. The van der Waals surface area contributed by atoms with Crippen molar-refractivity contribution >= 4 is 18.3 Å². The molecule has 2 rings (SSSR count). The molecule has 0 aliphatic heterocycles. The number of alkyl carbamates (subject to hydrolysis) is 1. The van der Waals surface area contributed by atoms with Gasteiger partial charge in [0.1, 0.15) is 17.9 Å². The van der Waals surface area contributed by atoms with Gasteiger partial charge in [0.25, 0.3) is 0 Å². The Hall–Kier alpha value is -3.15. The topological polar surface area (TPSA) is 81.7 Å². The lowest BCUT2D eigenvalue weighted by atomic mass is 9.99. The Balaban J connectivity index is 2.12. The van der Waals surface area contributed by atoms with Crippen LogP contribution in [-0.4, -0.2) is 37.1 Å². The molecular formula is C22H25NO5. The number of aldehydes is 1. The summed E-state index contributed by atoms with van der Waals surface area (Å²) in [7, 11) is 1.27. The van der Waals surface area contributed by atoms with Crippen LogP contribution >= 0.6 is 0 Å². The minimum Gasteiger partial charge on any atom is -0.467 e. The largest absolute Gasteiger partial charge is 0.467 e. The summed E-state index contributed by atoms with van der Waals surface area (Å²) in [5.74, 6) is -0.548. The Labute approximate surface area is 164 Å². The number of esters is 1. The zero-order valence-electron chi connectivity index (χ0n) is 16.5. The van der Waals surface area contributed by atoms with Gasteiger partial charge in [-0.25, -0.2) is 9.59 Å². The number of hydrogen-bond donors (Lipinski definition) is 1. The average molecular weight is 383 g/mol. The number of nitrogens with one attached hydrogen (secondary N) is 1. The van der Waals surface area contributed by atoms with Crippen LogP contribution in [0.15, 0.2) is 48.5 Å². The van der Waals surface area contributed by atoms with Crippen molar-refractivity contribution in [3.05, 3.63) is 59.7 Å². The van der Waals surface area contributed by atoms with Crippen molar-refractivity contribution in [3.63, 3.8) is 0 Å². The minimum atomic E-state index is -0.857. The number of hydrogen-bond acceptors (Lipinski definition) is 5. The van der Waals surface area contributed by atoms with Gasteiger partial charge in [0.2, 0.25) is 0 Å². The molecule has 6 nitrogen and oxygen atoms in total. The molecule has 1 N–H and O–H groups in total. The fourth-order valence-corrected chi connectivity index (χ4v) is 2.65. The van der Waals surface area contributed by atoms with E-state index in [0.29, 0.717) is 5.56 Å². The monoisotopic (exact) mass is 383 g/mol. The zero-order chi connectivity index (χ0) is 20.7. The molecule has 0 heterocycles. The summed E-state index contributed by atoms with van der Waals surface area (Å²) in [4.78, 5) is 35.0. The van der Waals surface area contributed by atoms with Gasteiger partial charge in [-0.2, -0.15) is 0 Å². The molecule has 6 heteroatoms. The summed E-state index contributed by atoms with van der Waals surface area (Å²) in [6.45, 7) is 5.24. The van der Waals surface area contributed by atoms with Crippen molar-refractivity contribution in [2.24, 2.45) is 0 Å². The second-order valence-corrected chi connectivity index (χ2v) is 7.37. The van der Waals surface area contributed by atoms with E-state index in [1.54, 1.807) is 26.8 Å². The van der Waals surface area contributed by atoms with Crippen molar-refractivity contribution in [2.75, 3.05) is 7.11 Å². The van der Waals surface area contributed by atoms with Gasteiger partial charge in [-0.1, -0.05) is 42.5 Å². The lowest BCUT2D eigenvalue weighted by molar-refractivity contribution is -0.143. The zero-order valence-corrected chi connectivity index (χ0v) is 16.5. The van der Waals surface area contributed by atoms with Gasteiger partial charge in [-0.3, -0.25) is 4.79 Å². The number of carbonyl (C=O) groups excluding carboxylic acids is 3. The van der Waals surface area contributed by atoms with E-state index in [1.807, 2.05) is 42.5 Å². The van der Waals surface area contributed by atoms with Crippen LogP contribution in [0.4, 0.5) is 4.79 Å². The van der Waals surface area contributed by atoms with E-state index >= 15 is 0 Å². The van der Waals surface area contributed by atoms with E-state index in [2.05, 4.69) is 5.32 Å². The van der Waals surface area contributed by atoms with Gasteiger partial charge in [-0.15, -0.1) is 0 Å². The molecule has 1 atom stereocenters. The second-order valence-electron chi connectivity index (χ2n) is 7.37. The Morgan fingerprint density at radius 2 is 1.75 bits per heavy atom. The Morgan fingerprint density at radius 3 is 2.32 bits per heavy atom. The lowest BCUT2D eigenvalue weighted by Crippen LogP contribution is -2.45. The molecular weight excluding hydrogens is 358 g/mol. The van der Waals surface area contributed by atoms with Gasteiger partial charge in [0.05, 0.1) is 7.11 Å². The molecule has 0 aliphatic carbocycles. The van der Waals surface area contributed by atoms with Crippen molar-refractivity contribution in [1.29, 1.82) is 0 Å². The van der Waals surface area contributed by atoms with Crippen LogP contribution in [0.5, 0.6) is 0 Å². The second kappa shape index (κ2) is 9.17. The third kappa shape index (κ3) is 6.23. The van der Waals surface area contributed by atoms with Crippen molar-refractivity contribution in [3.8, 4) is 11.1 Å². The van der Waals surface area contributed by atoms with E-state index in [-0.39, 0.29) is 6.42 Å². The fraction of sp³-hybridized carbons (Fsp3) is 0.318. The van der Waals surface area contributed by atoms with Gasteiger partial charge >= 0.3 is 12.1 Å². The predicted molar refractivity (Wildman–Crippen MR) is 106 cm³/mol. The summed E-state index contributed by atoms with van der Waals surface area (Å²) in [6, 6.07) is 14.0. The van der Waals surface area contributed by atoms with Crippen LogP contribution in [0.25, 0.3) is 11.1 Å². The van der Waals surface area contributed by atoms with Crippen molar-refractivity contribution in [1.82, 2.24) is 5.32 Å². The molecule has 0 aliphatic rings. The summed E-state index contributed by atoms with van der Waals surface area (Å²) < 4.78 is 10.0. The van der Waals surface area contributed by atoms with Gasteiger partial charge in [-0.05, 0) is 43.5 Å². The summed E-state index contributed by atoms with van der Waals surface area (Å²) >= 11 is 0. The van der Waals surface area contributed by atoms with E-state index < -0.39 is 23.7 Å². The van der Waals surface area contributed by atoms with E-state index in [1.165, 1.54) is 7.11 Å². The first-order chi connectivity index (χ1) is 13.2. The van der Waals surface area contributed by atoms with E-state index in [0.717, 1.165) is 23.0 Å². The standard InChI is InChI=1S/C22H25NO5/c1-22(2,3)28-21(26)23-19(20(25)27-4)13-15-8-10-17(11-9-15)18-7-5-6-16(12-18)14-24/h5-12,14,19H,13H2,1-4H3,(H,23,26)/t19-/m1/s1. The Bertz CT molecular complexity index is 837. The SMILES string of the molecule is COC(=O)[C@@H](Cc1ccc(-c2cccc(C=O)c2)cc1)NC(=O)OC(C)(C)C. The van der Waals surface area contributed by atoms with Crippen molar-refractivity contribution in [2.45, 2.75) is 38.8 Å². The number of carbonyl (C=O) groups is 3. The van der Waals surface area contributed by atoms with E-state index in [4.69, 9.17) is 9.47 Å². The smallest absolute Gasteiger partial charge is 0.408 e. The molecule has 0 aromatic heterocycles. The number of rotatable bonds is 6. The third-order valence-corrected chi connectivity index (χ3v) is 3.93. The molecule has 148 valence electrons. The first-order valence-corrected chi connectivity index (χ1v) is 8.94. The molecule has 0 spiro atoms. The summed E-state index contributed by atoms with van der Waals surface area (Å²) in [5.41, 5.74) is 2.66. The summed E-state index contributed by atoms with van der Waals surface area (Å²) in [6.07, 6.45) is 0.395. The molecule has 0 saturated carbocycles. The van der Waals surface area contributed by atoms with Gasteiger partial charge < -0.3 is 14.8 Å². The Kier molecular flexibility index (Phi) is 6.93. The molecule has 0 radical (unpaired) electrons. The number of methoxy groups -OCH3 is 1. The average Bonchev–Trinajstić information content (AvgIpc) is 2.66. The highest BCUT2D eigenvalue weighted by molar-refractivity contribution is 5.82. The normalized spacial score (nSPS) is 12.0. The third-order valence-electron chi connectivity index (χ3n) is 3.93. The molecule has 28 heavy (non-hydrogen) atoms. The maximum absolute atomic E-state index is 12.1. The first kappa shape index (κ1) is 21.2. The molecule has 0 fully saturated rings. The number of amides is 1. The molecule has 0 unspecified atom stereocenters. The lowest BCUT2D eigenvalue weighted by Gasteiger charge is -2.22. The maximum atomic E-state index is 12.1. The predicted octanol–water partition coefficient (Wildman–Crippen LogP) is 3.77. The highest BCUT2D eigenvalue weighted by Crippen LogP contribution is 2.21.